The maximum atomic E-state index is 12.2. The topological polar surface area (TPSA) is 46.1 Å². The molecule has 0 radical (unpaired) electrons. The van der Waals surface area contributed by atoms with Crippen molar-refractivity contribution in [3.05, 3.63) is 34.6 Å². The van der Waals surface area contributed by atoms with Gasteiger partial charge in [0, 0.05) is 25.3 Å². The summed E-state index contributed by atoms with van der Waals surface area (Å²) in [5, 5.41) is 6.86. The summed E-state index contributed by atoms with van der Waals surface area (Å²) < 4.78 is 1.90. The van der Waals surface area contributed by atoms with E-state index in [9.17, 15) is 4.79 Å². The number of carbonyl (C=O) groups is 1. The van der Waals surface area contributed by atoms with Crippen LogP contribution in [0.5, 0.6) is 0 Å². The zero-order valence-corrected chi connectivity index (χ0v) is 12.8. The molecular formula is C15H22ClN3O. The van der Waals surface area contributed by atoms with E-state index < -0.39 is 0 Å². The van der Waals surface area contributed by atoms with Crippen molar-refractivity contribution in [2.75, 3.05) is 19.6 Å². The Morgan fingerprint density at radius 3 is 3.00 bits per heavy atom. The van der Waals surface area contributed by atoms with Crippen LogP contribution in [-0.2, 0) is 0 Å². The molecule has 0 aromatic carbocycles. The van der Waals surface area contributed by atoms with Crippen molar-refractivity contribution in [1.82, 2.24) is 15.2 Å². The van der Waals surface area contributed by atoms with Gasteiger partial charge < -0.3 is 15.2 Å². The van der Waals surface area contributed by atoms with Crippen molar-refractivity contribution in [2.24, 2.45) is 0 Å². The first-order valence-electron chi connectivity index (χ1n) is 7.12. The first-order valence-corrected chi connectivity index (χ1v) is 7.50. The van der Waals surface area contributed by atoms with Gasteiger partial charge in [-0.2, -0.15) is 0 Å². The average molecular weight is 296 g/mol. The Morgan fingerprint density at radius 1 is 1.55 bits per heavy atom. The van der Waals surface area contributed by atoms with Gasteiger partial charge in [0.25, 0.3) is 5.91 Å². The van der Waals surface area contributed by atoms with Crippen molar-refractivity contribution in [3.8, 4) is 0 Å². The highest BCUT2D eigenvalue weighted by Gasteiger charge is 2.14. The fourth-order valence-corrected chi connectivity index (χ4v) is 2.59. The first-order chi connectivity index (χ1) is 9.58. The van der Waals surface area contributed by atoms with Gasteiger partial charge in [0.05, 0.1) is 5.02 Å². The molecule has 0 atom stereocenters. The van der Waals surface area contributed by atoms with Gasteiger partial charge in [-0.1, -0.05) is 23.3 Å². The monoisotopic (exact) mass is 295 g/mol. The number of amides is 1. The second-order valence-corrected chi connectivity index (χ2v) is 5.80. The molecule has 0 fully saturated rings. The maximum Gasteiger partial charge on any atom is 0.267 e. The van der Waals surface area contributed by atoms with E-state index in [0.29, 0.717) is 17.3 Å². The Kier molecular flexibility index (Phi) is 5.26. The lowest BCUT2D eigenvalue weighted by atomic mass is 10.1. The van der Waals surface area contributed by atoms with Gasteiger partial charge in [0.2, 0.25) is 0 Å². The predicted octanol–water partition coefficient (Wildman–Crippen LogP) is 2.76. The average Bonchev–Trinajstić information content (AvgIpc) is 2.82. The van der Waals surface area contributed by atoms with Crippen LogP contribution in [0.1, 0.15) is 43.2 Å². The van der Waals surface area contributed by atoms with E-state index in [2.05, 4.69) is 16.7 Å². The number of carbonyl (C=O) groups excluding carboxylic acids is 1. The second kappa shape index (κ2) is 6.95. The molecule has 1 aliphatic heterocycles. The molecule has 0 saturated heterocycles. The molecule has 0 saturated carbocycles. The lowest BCUT2D eigenvalue weighted by Gasteiger charge is -2.15. The molecule has 4 nitrogen and oxygen atoms in total. The molecule has 2 N–H and O–H groups in total. The molecule has 1 aromatic rings. The van der Waals surface area contributed by atoms with E-state index >= 15 is 0 Å². The van der Waals surface area contributed by atoms with Gasteiger partial charge >= 0.3 is 0 Å². The standard InChI is InChI=1S/C15H22ClN3O/c1-11(2)19-10-13(16)9-14(19)15(20)18-8-5-12-3-6-17-7-4-12/h3,9-11,17H,4-8H2,1-2H3,(H,18,20). The van der Waals surface area contributed by atoms with Crippen LogP contribution in [0.4, 0.5) is 0 Å². The SMILES string of the molecule is CC(C)n1cc(Cl)cc1C(=O)NCCC1=CCNCC1. The third-order valence-corrected chi connectivity index (χ3v) is 3.70. The van der Waals surface area contributed by atoms with E-state index in [1.54, 1.807) is 12.3 Å². The van der Waals surface area contributed by atoms with E-state index in [4.69, 9.17) is 11.6 Å². The molecule has 20 heavy (non-hydrogen) atoms. The summed E-state index contributed by atoms with van der Waals surface area (Å²) in [7, 11) is 0. The van der Waals surface area contributed by atoms with Gasteiger partial charge in [-0.25, -0.2) is 0 Å². The predicted molar refractivity (Wildman–Crippen MR) is 82.3 cm³/mol. The number of nitrogens with zero attached hydrogens (tertiary/aromatic N) is 1. The molecule has 1 aliphatic rings. The van der Waals surface area contributed by atoms with Crippen molar-refractivity contribution in [1.29, 1.82) is 0 Å². The Morgan fingerprint density at radius 2 is 2.35 bits per heavy atom. The molecule has 1 aromatic heterocycles. The summed E-state index contributed by atoms with van der Waals surface area (Å²) >= 11 is 5.99. The fraction of sp³-hybridized carbons (Fsp3) is 0.533. The van der Waals surface area contributed by atoms with Gasteiger partial charge in [0.1, 0.15) is 5.69 Å². The number of halogens is 1. The number of hydrogen-bond donors (Lipinski definition) is 2. The third-order valence-electron chi connectivity index (χ3n) is 3.49. The van der Waals surface area contributed by atoms with Gasteiger partial charge in [-0.05, 0) is 39.3 Å². The quantitative estimate of drug-likeness (QED) is 0.821. The van der Waals surface area contributed by atoms with Crippen molar-refractivity contribution < 1.29 is 4.79 Å². The summed E-state index contributed by atoms with van der Waals surface area (Å²) in [6.45, 7) is 6.71. The number of aromatic nitrogens is 1. The maximum absolute atomic E-state index is 12.2. The van der Waals surface area contributed by atoms with Crippen LogP contribution in [0, 0.1) is 0 Å². The van der Waals surface area contributed by atoms with Crippen LogP contribution in [-0.4, -0.2) is 30.1 Å². The van der Waals surface area contributed by atoms with Crippen LogP contribution in [0.15, 0.2) is 23.9 Å². The largest absolute Gasteiger partial charge is 0.350 e. The number of nitrogens with one attached hydrogen (secondary N) is 2. The number of rotatable bonds is 5. The zero-order valence-electron chi connectivity index (χ0n) is 12.1. The molecular weight excluding hydrogens is 274 g/mol. The van der Waals surface area contributed by atoms with Crippen LogP contribution >= 0.6 is 11.6 Å². The van der Waals surface area contributed by atoms with Crippen LogP contribution in [0.3, 0.4) is 0 Å². The highest BCUT2D eigenvalue weighted by atomic mass is 35.5. The highest BCUT2D eigenvalue weighted by Crippen LogP contribution is 2.18. The second-order valence-electron chi connectivity index (χ2n) is 5.37. The van der Waals surface area contributed by atoms with E-state index in [1.165, 1.54) is 5.57 Å². The van der Waals surface area contributed by atoms with Crippen molar-refractivity contribution >= 4 is 17.5 Å². The molecule has 110 valence electrons. The lowest BCUT2D eigenvalue weighted by molar-refractivity contribution is 0.0943. The minimum Gasteiger partial charge on any atom is -0.350 e. The van der Waals surface area contributed by atoms with Crippen molar-refractivity contribution in [2.45, 2.75) is 32.7 Å². The van der Waals surface area contributed by atoms with Gasteiger partial charge in [-0.15, -0.1) is 0 Å². The molecule has 0 aliphatic carbocycles. The van der Waals surface area contributed by atoms with Crippen LogP contribution in [0.25, 0.3) is 0 Å². The molecule has 0 bridgehead atoms. The van der Waals surface area contributed by atoms with E-state index in [-0.39, 0.29) is 11.9 Å². The van der Waals surface area contributed by atoms with Crippen LogP contribution < -0.4 is 10.6 Å². The summed E-state index contributed by atoms with van der Waals surface area (Å²) in [5.41, 5.74) is 2.05. The fourth-order valence-electron chi connectivity index (χ4n) is 2.38. The molecule has 0 unspecified atom stereocenters. The normalized spacial score (nSPS) is 15.3. The van der Waals surface area contributed by atoms with E-state index in [0.717, 1.165) is 25.9 Å². The summed E-state index contributed by atoms with van der Waals surface area (Å²) in [6, 6.07) is 1.94. The molecule has 2 heterocycles. The minimum atomic E-state index is -0.0554. The lowest BCUT2D eigenvalue weighted by Crippen LogP contribution is -2.28. The summed E-state index contributed by atoms with van der Waals surface area (Å²) in [5.74, 6) is -0.0554. The first kappa shape index (κ1) is 15.1. The number of hydrogen-bond acceptors (Lipinski definition) is 2. The molecule has 0 spiro atoms. The van der Waals surface area contributed by atoms with Crippen molar-refractivity contribution in [3.63, 3.8) is 0 Å². The smallest absolute Gasteiger partial charge is 0.267 e. The van der Waals surface area contributed by atoms with Crippen LogP contribution in [0.2, 0.25) is 5.02 Å². The Hall–Kier alpha value is -1.26. The molecule has 1 amide bonds. The summed E-state index contributed by atoms with van der Waals surface area (Å²) in [6.07, 6.45) is 6.01. The Bertz CT molecular complexity index is 505. The Balaban J connectivity index is 1.90. The molecule has 2 rings (SSSR count). The minimum absolute atomic E-state index is 0.0554. The molecule has 5 heteroatoms. The Labute approximate surface area is 125 Å². The summed E-state index contributed by atoms with van der Waals surface area (Å²) in [4.78, 5) is 12.2. The third kappa shape index (κ3) is 3.87. The zero-order chi connectivity index (χ0) is 14.5. The van der Waals surface area contributed by atoms with Gasteiger partial charge in [-0.3, -0.25) is 4.79 Å². The highest BCUT2D eigenvalue weighted by molar-refractivity contribution is 6.31. The van der Waals surface area contributed by atoms with Gasteiger partial charge in [0.15, 0.2) is 0 Å². The van der Waals surface area contributed by atoms with E-state index in [1.807, 2.05) is 18.4 Å².